The zero-order valence-electron chi connectivity index (χ0n) is 14.5. The molecule has 1 saturated heterocycles. The van der Waals surface area contributed by atoms with E-state index in [1.54, 1.807) is 11.4 Å². The topological polar surface area (TPSA) is 105 Å². The highest BCUT2D eigenvalue weighted by Crippen LogP contribution is 2.33. The van der Waals surface area contributed by atoms with Crippen LogP contribution in [0.4, 0.5) is 9.80 Å². The first-order valence-electron chi connectivity index (χ1n) is 8.56. The third-order valence-corrected chi connectivity index (χ3v) is 5.67. The molecule has 26 heavy (non-hydrogen) atoms. The van der Waals surface area contributed by atoms with Gasteiger partial charge in [-0.3, -0.25) is 14.5 Å². The van der Waals surface area contributed by atoms with Gasteiger partial charge in [-0.1, -0.05) is 19.3 Å². The maximum Gasteiger partial charge on any atom is 0.340 e. The van der Waals surface area contributed by atoms with Gasteiger partial charge in [-0.25, -0.2) is 9.59 Å². The second-order valence-electron chi connectivity index (χ2n) is 6.48. The van der Waals surface area contributed by atoms with Gasteiger partial charge in [0.25, 0.3) is 5.91 Å². The van der Waals surface area contributed by atoms with E-state index in [0.29, 0.717) is 17.8 Å². The van der Waals surface area contributed by atoms with Gasteiger partial charge in [0.05, 0.1) is 12.7 Å². The molecule has 0 atom stereocenters. The monoisotopic (exact) mass is 379 g/mol. The van der Waals surface area contributed by atoms with Crippen LogP contribution in [0.25, 0.3) is 0 Å². The molecule has 1 aromatic rings. The number of ether oxygens (including phenoxy) is 1. The fourth-order valence-electron chi connectivity index (χ4n) is 3.45. The van der Waals surface area contributed by atoms with Gasteiger partial charge >= 0.3 is 12.0 Å². The Morgan fingerprint density at radius 1 is 1.31 bits per heavy atom. The number of hydrogen-bond donors (Lipinski definition) is 2. The van der Waals surface area contributed by atoms with Gasteiger partial charge in [0.15, 0.2) is 0 Å². The van der Waals surface area contributed by atoms with Crippen molar-refractivity contribution in [3.05, 3.63) is 17.0 Å². The molecule has 1 aliphatic heterocycles. The summed E-state index contributed by atoms with van der Waals surface area (Å²) in [5.41, 5.74) is -0.501. The molecule has 2 aliphatic rings. The average molecular weight is 379 g/mol. The van der Waals surface area contributed by atoms with Crippen LogP contribution in [0.1, 0.15) is 48.9 Å². The fourth-order valence-corrected chi connectivity index (χ4v) is 4.24. The van der Waals surface area contributed by atoms with Gasteiger partial charge in [0.1, 0.15) is 10.5 Å². The van der Waals surface area contributed by atoms with Crippen molar-refractivity contribution in [1.29, 1.82) is 0 Å². The molecule has 1 aromatic heterocycles. The number of nitrogens with one attached hydrogen (secondary N) is 2. The average Bonchev–Trinajstić information content (AvgIpc) is 3.17. The molecule has 9 heteroatoms. The molecule has 0 aromatic carbocycles. The van der Waals surface area contributed by atoms with Crippen LogP contribution >= 0.6 is 11.3 Å². The molecule has 0 bridgehead atoms. The summed E-state index contributed by atoms with van der Waals surface area (Å²) in [7, 11) is 1.27. The first-order chi connectivity index (χ1) is 12.5. The van der Waals surface area contributed by atoms with Crippen molar-refractivity contribution in [2.75, 3.05) is 19.0 Å². The second-order valence-corrected chi connectivity index (χ2v) is 7.40. The van der Waals surface area contributed by atoms with Crippen molar-refractivity contribution in [1.82, 2.24) is 10.2 Å². The van der Waals surface area contributed by atoms with Gasteiger partial charge < -0.3 is 15.4 Å². The van der Waals surface area contributed by atoms with Crippen molar-refractivity contribution in [2.45, 2.75) is 44.1 Å². The van der Waals surface area contributed by atoms with E-state index >= 15 is 0 Å². The lowest BCUT2D eigenvalue weighted by molar-refractivity contribution is -0.132. The van der Waals surface area contributed by atoms with E-state index in [-0.39, 0.29) is 30.3 Å². The third kappa shape index (κ3) is 3.44. The summed E-state index contributed by atoms with van der Waals surface area (Å²) in [6.07, 6.45) is 4.16. The van der Waals surface area contributed by atoms with Crippen LogP contribution in [0.3, 0.4) is 0 Å². The molecule has 2 N–H and O–H groups in total. The summed E-state index contributed by atoms with van der Waals surface area (Å²) in [5, 5.41) is 7.52. The Kier molecular flexibility index (Phi) is 5.26. The number of urea groups is 1. The first kappa shape index (κ1) is 18.4. The van der Waals surface area contributed by atoms with E-state index in [1.807, 2.05) is 0 Å². The molecule has 4 amide bonds. The highest BCUT2D eigenvalue weighted by atomic mass is 32.1. The zero-order chi connectivity index (χ0) is 18.7. The Labute approximate surface area is 154 Å². The fraction of sp³-hybridized carbons (Fsp3) is 0.529. The summed E-state index contributed by atoms with van der Waals surface area (Å²) >= 11 is 1.21. The predicted octanol–water partition coefficient (Wildman–Crippen LogP) is 2.12. The van der Waals surface area contributed by atoms with E-state index in [1.165, 1.54) is 18.4 Å². The van der Waals surface area contributed by atoms with Crippen LogP contribution in [-0.4, -0.2) is 47.9 Å². The van der Waals surface area contributed by atoms with E-state index < -0.39 is 17.5 Å². The molecule has 2 heterocycles. The number of hydrogen-bond acceptors (Lipinski definition) is 6. The number of thiophene rings is 1. The maximum atomic E-state index is 12.7. The summed E-state index contributed by atoms with van der Waals surface area (Å²) < 4.78 is 4.66. The molecule has 8 nitrogen and oxygen atoms in total. The Hall–Kier alpha value is -2.42. The number of anilines is 1. The minimum atomic E-state index is -0.780. The van der Waals surface area contributed by atoms with Crippen LogP contribution < -0.4 is 10.6 Å². The quantitative estimate of drug-likeness (QED) is 0.602. The Morgan fingerprint density at radius 2 is 2.04 bits per heavy atom. The van der Waals surface area contributed by atoms with Crippen molar-refractivity contribution in [2.24, 2.45) is 0 Å². The van der Waals surface area contributed by atoms with E-state index in [4.69, 9.17) is 0 Å². The van der Waals surface area contributed by atoms with Gasteiger partial charge in [-0.15, -0.1) is 11.3 Å². The van der Waals surface area contributed by atoms with Gasteiger partial charge in [-0.2, -0.15) is 0 Å². The predicted molar refractivity (Wildman–Crippen MR) is 95.0 cm³/mol. The van der Waals surface area contributed by atoms with Crippen molar-refractivity contribution in [3.8, 4) is 0 Å². The maximum absolute atomic E-state index is 12.7. The molecule has 140 valence electrons. The van der Waals surface area contributed by atoms with Crippen LogP contribution in [0.15, 0.2) is 11.4 Å². The lowest BCUT2D eigenvalue weighted by Gasteiger charge is -2.30. The largest absolute Gasteiger partial charge is 0.465 e. The van der Waals surface area contributed by atoms with E-state index in [9.17, 15) is 19.2 Å². The minimum absolute atomic E-state index is 0.0111. The Bertz CT molecular complexity index is 739. The van der Waals surface area contributed by atoms with Gasteiger partial charge in [0, 0.05) is 13.0 Å². The van der Waals surface area contributed by atoms with Gasteiger partial charge in [0.2, 0.25) is 5.91 Å². The molecule has 0 unspecified atom stereocenters. The van der Waals surface area contributed by atoms with Crippen LogP contribution in [-0.2, 0) is 14.3 Å². The van der Waals surface area contributed by atoms with Crippen LogP contribution in [0.2, 0.25) is 0 Å². The van der Waals surface area contributed by atoms with Crippen molar-refractivity contribution >= 4 is 40.2 Å². The van der Waals surface area contributed by atoms with E-state index in [0.717, 1.165) is 24.2 Å². The lowest BCUT2D eigenvalue weighted by Crippen LogP contribution is -2.48. The molecule has 2 fully saturated rings. The highest BCUT2D eigenvalue weighted by molar-refractivity contribution is 7.14. The smallest absolute Gasteiger partial charge is 0.340 e. The molecule has 1 spiro atoms. The first-order valence-corrected chi connectivity index (χ1v) is 9.44. The van der Waals surface area contributed by atoms with Crippen LogP contribution in [0, 0.1) is 0 Å². The third-order valence-electron chi connectivity index (χ3n) is 4.84. The van der Waals surface area contributed by atoms with E-state index in [2.05, 4.69) is 15.4 Å². The summed E-state index contributed by atoms with van der Waals surface area (Å²) in [5.74, 6) is -1.14. The Balaban J connectivity index is 1.58. The summed E-state index contributed by atoms with van der Waals surface area (Å²) in [6.45, 7) is 0.0111. The molecule has 0 radical (unpaired) electrons. The number of carbonyl (C=O) groups excluding carboxylic acids is 4. The van der Waals surface area contributed by atoms with Crippen molar-refractivity contribution < 1.29 is 23.9 Å². The number of methoxy groups -OCH3 is 1. The normalized spacial score (nSPS) is 18.7. The number of esters is 1. The molecular weight excluding hydrogens is 358 g/mol. The number of imide groups is 1. The standard InChI is InChI=1S/C17H21N3O5S/c1-25-14(22)11-6-10-26-13(11)18-12(21)5-9-20-15(23)17(19-16(20)24)7-3-2-4-8-17/h6,10H,2-5,7-9H2,1H3,(H,18,21)(H,19,24). The van der Waals surface area contributed by atoms with Crippen LogP contribution in [0.5, 0.6) is 0 Å². The molecule has 1 saturated carbocycles. The molecule has 1 aliphatic carbocycles. The number of rotatable bonds is 5. The Morgan fingerprint density at radius 3 is 2.73 bits per heavy atom. The summed E-state index contributed by atoms with van der Waals surface area (Å²) in [6, 6.07) is 1.13. The summed E-state index contributed by atoms with van der Waals surface area (Å²) in [4.78, 5) is 49.8. The SMILES string of the molecule is COC(=O)c1ccsc1NC(=O)CCN1C(=O)NC2(CCCCC2)C1=O. The lowest BCUT2D eigenvalue weighted by atomic mass is 9.82. The highest BCUT2D eigenvalue weighted by Gasteiger charge is 2.51. The number of amides is 4. The molecule has 3 rings (SSSR count). The molecular formula is C17H21N3O5S. The number of carbonyl (C=O) groups is 4. The second kappa shape index (κ2) is 7.45. The number of nitrogens with zero attached hydrogens (tertiary/aromatic N) is 1. The zero-order valence-corrected chi connectivity index (χ0v) is 15.3. The van der Waals surface area contributed by atoms with Crippen molar-refractivity contribution in [3.63, 3.8) is 0 Å². The minimum Gasteiger partial charge on any atom is -0.465 e. The van der Waals surface area contributed by atoms with Gasteiger partial charge in [-0.05, 0) is 24.3 Å².